The zero-order chi connectivity index (χ0) is 22.5. The van der Waals surface area contributed by atoms with Gasteiger partial charge in [0.05, 0.1) is 0 Å². The number of nitrogens with zero attached hydrogens (tertiary/aromatic N) is 2. The number of hydrogen-bond donors (Lipinski definition) is 2. The lowest BCUT2D eigenvalue weighted by molar-refractivity contribution is -0.114. The third-order valence-corrected chi connectivity index (χ3v) is 5.36. The lowest BCUT2D eigenvalue weighted by atomic mass is 9.94. The monoisotopic (exact) mass is 432 g/mol. The van der Waals surface area contributed by atoms with E-state index in [1.807, 2.05) is 18.2 Å². The molecule has 3 aromatic rings. The molecule has 1 aliphatic heterocycles. The normalized spacial score (nSPS) is 15.8. The van der Waals surface area contributed by atoms with E-state index >= 15 is 0 Å². The summed E-state index contributed by atoms with van der Waals surface area (Å²) in [5, 5.41) is 9.40. The third kappa shape index (κ3) is 5.03. The van der Waals surface area contributed by atoms with Gasteiger partial charge in [-0.15, -0.1) is 0 Å². The van der Waals surface area contributed by atoms with Crippen LogP contribution in [0.2, 0.25) is 0 Å². The summed E-state index contributed by atoms with van der Waals surface area (Å²) in [6.07, 6.45) is 1.67. The molecule has 2 aromatic carbocycles. The van der Waals surface area contributed by atoms with Gasteiger partial charge in [-0.2, -0.15) is 0 Å². The Labute approximate surface area is 185 Å². The Bertz CT molecular complexity index is 1110. The minimum absolute atomic E-state index is 0.0304. The van der Waals surface area contributed by atoms with Crippen LogP contribution in [-0.4, -0.2) is 40.9 Å². The number of hydrogen-bond acceptors (Lipinski definition) is 5. The number of amides is 3. The first-order valence-electron chi connectivity index (χ1n) is 10.5. The van der Waals surface area contributed by atoms with Crippen molar-refractivity contribution in [1.29, 1.82) is 0 Å². The van der Waals surface area contributed by atoms with Crippen LogP contribution in [0, 0.1) is 0 Å². The van der Waals surface area contributed by atoms with Crippen molar-refractivity contribution in [2.24, 2.45) is 0 Å². The molecule has 1 aromatic heterocycles. The molecule has 0 bridgehead atoms. The van der Waals surface area contributed by atoms with Gasteiger partial charge < -0.3 is 20.1 Å². The highest BCUT2D eigenvalue weighted by atomic mass is 16.5. The molecule has 3 amide bonds. The lowest BCUT2D eigenvalue weighted by Crippen LogP contribution is -2.39. The fourth-order valence-electron chi connectivity index (χ4n) is 3.78. The van der Waals surface area contributed by atoms with Gasteiger partial charge >= 0.3 is 0 Å². The summed E-state index contributed by atoms with van der Waals surface area (Å²) >= 11 is 0. The maximum Gasteiger partial charge on any atom is 0.277 e. The highest BCUT2D eigenvalue weighted by Crippen LogP contribution is 2.28. The number of carbonyl (C=O) groups is 3. The molecule has 8 heteroatoms. The fraction of sp³-hybridized carbons (Fsp3) is 0.250. The molecule has 1 unspecified atom stereocenters. The molecular weight excluding hydrogens is 408 g/mol. The van der Waals surface area contributed by atoms with E-state index in [0.717, 1.165) is 12.8 Å². The lowest BCUT2D eigenvalue weighted by Gasteiger charge is -2.31. The van der Waals surface area contributed by atoms with E-state index in [4.69, 9.17) is 4.52 Å². The SMILES string of the molecule is CC(=O)Nc1ccc(C(=O)N2CCCC(c3cc(C(=O)Nc4ccccc4)no3)C2)cc1. The smallest absolute Gasteiger partial charge is 0.277 e. The van der Waals surface area contributed by atoms with E-state index in [9.17, 15) is 14.4 Å². The molecule has 4 rings (SSSR count). The molecule has 0 aliphatic carbocycles. The molecule has 1 aliphatic rings. The Morgan fingerprint density at radius 1 is 1.00 bits per heavy atom. The first-order valence-corrected chi connectivity index (χ1v) is 10.5. The molecule has 164 valence electrons. The van der Waals surface area contributed by atoms with Crippen LogP contribution in [0.3, 0.4) is 0 Å². The van der Waals surface area contributed by atoms with Crippen molar-refractivity contribution in [3.05, 3.63) is 77.7 Å². The molecule has 0 spiro atoms. The topological polar surface area (TPSA) is 105 Å². The maximum absolute atomic E-state index is 13.0. The van der Waals surface area contributed by atoms with Gasteiger partial charge in [-0.25, -0.2) is 0 Å². The number of benzene rings is 2. The van der Waals surface area contributed by atoms with Crippen LogP contribution in [0.4, 0.5) is 11.4 Å². The molecule has 0 radical (unpaired) electrons. The second kappa shape index (κ2) is 9.47. The van der Waals surface area contributed by atoms with Crippen molar-refractivity contribution in [1.82, 2.24) is 10.1 Å². The number of carbonyl (C=O) groups excluding carboxylic acids is 3. The van der Waals surface area contributed by atoms with Gasteiger partial charge in [0.1, 0.15) is 5.76 Å². The summed E-state index contributed by atoms with van der Waals surface area (Å²) in [5.74, 6) is -0.00879. The predicted octanol–water partition coefficient (Wildman–Crippen LogP) is 3.91. The fourth-order valence-corrected chi connectivity index (χ4v) is 3.78. The zero-order valence-corrected chi connectivity index (χ0v) is 17.7. The van der Waals surface area contributed by atoms with Gasteiger partial charge in [0.15, 0.2) is 5.69 Å². The quantitative estimate of drug-likeness (QED) is 0.636. The Kier molecular flexibility index (Phi) is 6.30. The number of para-hydroxylation sites is 1. The van der Waals surface area contributed by atoms with Crippen LogP contribution in [0.5, 0.6) is 0 Å². The Morgan fingerprint density at radius 3 is 2.44 bits per heavy atom. The molecular formula is C24H24N4O4. The van der Waals surface area contributed by atoms with Crippen molar-refractivity contribution in [3.63, 3.8) is 0 Å². The number of piperidine rings is 1. The van der Waals surface area contributed by atoms with Gasteiger partial charge in [-0.3, -0.25) is 14.4 Å². The van der Waals surface area contributed by atoms with Crippen LogP contribution in [-0.2, 0) is 4.79 Å². The molecule has 1 fully saturated rings. The van der Waals surface area contributed by atoms with Gasteiger partial charge in [0.2, 0.25) is 5.91 Å². The molecule has 1 saturated heterocycles. The van der Waals surface area contributed by atoms with E-state index < -0.39 is 0 Å². The van der Waals surface area contributed by atoms with E-state index in [0.29, 0.717) is 35.8 Å². The predicted molar refractivity (Wildman–Crippen MR) is 120 cm³/mol. The number of nitrogens with one attached hydrogen (secondary N) is 2. The highest BCUT2D eigenvalue weighted by Gasteiger charge is 2.28. The average molecular weight is 432 g/mol. The standard InChI is InChI=1S/C24H24N4O4/c1-16(29)25-20-11-9-17(10-12-20)24(31)28-13-5-6-18(15-28)22-14-21(27-32-22)23(30)26-19-7-3-2-4-8-19/h2-4,7-12,14,18H,5-6,13,15H2,1H3,(H,25,29)(H,26,30). The van der Waals surface area contributed by atoms with Gasteiger partial charge in [-0.1, -0.05) is 23.4 Å². The number of rotatable bonds is 5. The van der Waals surface area contributed by atoms with E-state index in [1.54, 1.807) is 47.4 Å². The first kappa shape index (κ1) is 21.3. The average Bonchev–Trinajstić information content (AvgIpc) is 3.30. The largest absolute Gasteiger partial charge is 0.360 e. The van der Waals surface area contributed by atoms with Crippen LogP contribution in [0.15, 0.2) is 65.2 Å². The molecule has 1 atom stereocenters. The summed E-state index contributed by atoms with van der Waals surface area (Å²) < 4.78 is 5.46. The highest BCUT2D eigenvalue weighted by molar-refractivity contribution is 6.02. The summed E-state index contributed by atoms with van der Waals surface area (Å²) in [6.45, 7) is 2.58. The van der Waals surface area contributed by atoms with Crippen LogP contribution >= 0.6 is 0 Å². The second-order valence-electron chi connectivity index (χ2n) is 7.78. The van der Waals surface area contributed by atoms with E-state index in [1.165, 1.54) is 6.92 Å². The second-order valence-corrected chi connectivity index (χ2v) is 7.78. The number of likely N-dealkylation sites (tertiary alicyclic amines) is 1. The minimum atomic E-state index is -0.339. The molecule has 0 saturated carbocycles. The van der Waals surface area contributed by atoms with Crippen LogP contribution in [0.25, 0.3) is 0 Å². The van der Waals surface area contributed by atoms with E-state index in [2.05, 4.69) is 15.8 Å². The summed E-state index contributed by atoms with van der Waals surface area (Å²) in [7, 11) is 0. The summed E-state index contributed by atoms with van der Waals surface area (Å²) in [5.41, 5.74) is 2.09. The maximum atomic E-state index is 13.0. The number of anilines is 2. The molecule has 8 nitrogen and oxygen atoms in total. The Hall–Kier alpha value is -3.94. The van der Waals surface area contributed by atoms with E-state index in [-0.39, 0.29) is 29.3 Å². The van der Waals surface area contributed by atoms with Crippen LogP contribution < -0.4 is 10.6 Å². The van der Waals surface area contributed by atoms with Crippen molar-refractivity contribution < 1.29 is 18.9 Å². The Balaban J connectivity index is 1.40. The van der Waals surface area contributed by atoms with Crippen molar-refractivity contribution in [2.45, 2.75) is 25.7 Å². The first-order chi connectivity index (χ1) is 15.5. The molecule has 32 heavy (non-hydrogen) atoms. The van der Waals surface area contributed by atoms with Crippen LogP contribution in [0.1, 0.15) is 52.3 Å². The minimum Gasteiger partial charge on any atom is -0.360 e. The van der Waals surface area contributed by atoms with Crippen molar-refractivity contribution >= 4 is 29.1 Å². The summed E-state index contributed by atoms with van der Waals surface area (Å²) in [4.78, 5) is 38.3. The summed E-state index contributed by atoms with van der Waals surface area (Å²) in [6, 6.07) is 17.6. The molecule has 2 N–H and O–H groups in total. The molecule has 2 heterocycles. The van der Waals surface area contributed by atoms with Crippen molar-refractivity contribution in [2.75, 3.05) is 23.7 Å². The van der Waals surface area contributed by atoms with Gasteiger partial charge in [-0.05, 0) is 49.2 Å². The van der Waals surface area contributed by atoms with Gasteiger partial charge in [0.25, 0.3) is 11.8 Å². The van der Waals surface area contributed by atoms with Gasteiger partial charge in [0, 0.05) is 48.9 Å². The Morgan fingerprint density at radius 2 is 1.72 bits per heavy atom. The number of aromatic nitrogens is 1. The third-order valence-electron chi connectivity index (χ3n) is 5.36. The zero-order valence-electron chi connectivity index (χ0n) is 17.7. The van der Waals surface area contributed by atoms with Crippen molar-refractivity contribution in [3.8, 4) is 0 Å².